The molecule has 3 aromatic rings. The van der Waals surface area contributed by atoms with Crippen LogP contribution in [-0.2, 0) is 19.0 Å². The van der Waals surface area contributed by atoms with Crippen LogP contribution in [0.2, 0.25) is 0 Å². The Morgan fingerprint density at radius 1 is 0.949 bits per heavy atom. The number of hydrogen-bond acceptors (Lipinski definition) is 2. The highest BCUT2D eigenvalue weighted by Gasteiger charge is 2.36. The molecule has 0 aromatic heterocycles. The standard InChI is InChI=1S/C32H32F5NO/c1-39-30-8-3-7-28-26(30)5-2-6-27(25-14-13-24(34)18-29(25)32(35,36)37)31(28)23-11-9-21(10-12-23)17-22-19-38(20-22)16-4-15-33/h3,7-14,18,22H,2,4-6,15-17,19-20H2,1H3. The van der Waals surface area contributed by atoms with E-state index in [4.69, 9.17) is 4.74 Å². The van der Waals surface area contributed by atoms with Gasteiger partial charge in [0.15, 0.2) is 0 Å². The van der Waals surface area contributed by atoms with Gasteiger partial charge in [0.1, 0.15) is 11.6 Å². The molecule has 0 radical (unpaired) electrons. The van der Waals surface area contributed by atoms with Crippen molar-refractivity contribution < 1.29 is 26.7 Å². The molecule has 0 unspecified atom stereocenters. The third kappa shape index (κ3) is 5.88. The molecule has 39 heavy (non-hydrogen) atoms. The van der Waals surface area contributed by atoms with Crippen LogP contribution in [0.25, 0.3) is 11.1 Å². The lowest BCUT2D eigenvalue weighted by molar-refractivity contribution is -0.138. The summed E-state index contributed by atoms with van der Waals surface area (Å²) in [7, 11) is 1.60. The van der Waals surface area contributed by atoms with Gasteiger partial charge in [-0.15, -0.1) is 0 Å². The van der Waals surface area contributed by atoms with Crippen molar-refractivity contribution in [3.05, 3.63) is 99.9 Å². The fourth-order valence-corrected chi connectivity index (χ4v) is 6.00. The van der Waals surface area contributed by atoms with Crippen molar-refractivity contribution in [3.8, 4) is 5.75 Å². The number of allylic oxidation sites excluding steroid dienone is 1. The highest BCUT2D eigenvalue weighted by atomic mass is 19.4. The predicted octanol–water partition coefficient (Wildman–Crippen LogP) is 7.98. The zero-order valence-corrected chi connectivity index (χ0v) is 22.0. The Bertz CT molecular complexity index is 1340. The van der Waals surface area contributed by atoms with Crippen LogP contribution in [0.4, 0.5) is 22.0 Å². The van der Waals surface area contributed by atoms with Gasteiger partial charge in [-0.3, -0.25) is 4.39 Å². The first-order valence-corrected chi connectivity index (χ1v) is 13.4. The number of fused-ring (bicyclic) bond motifs is 1. The van der Waals surface area contributed by atoms with Crippen LogP contribution in [0.3, 0.4) is 0 Å². The number of benzene rings is 3. The molecule has 1 fully saturated rings. The summed E-state index contributed by atoms with van der Waals surface area (Å²) in [6.45, 7) is 2.40. The molecule has 0 spiro atoms. The third-order valence-electron chi connectivity index (χ3n) is 7.80. The van der Waals surface area contributed by atoms with Crippen LogP contribution < -0.4 is 4.74 Å². The first-order chi connectivity index (χ1) is 18.8. The second kappa shape index (κ2) is 11.5. The number of methoxy groups -OCH3 is 1. The van der Waals surface area contributed by atoms with E-state index in [1.807, 2.05) is 42.5 Å². The number of rotatable bonds is 8. The second-order valence-electron chi connectivity index (χ2n) is 10.5. The summed E-state index contributed by atoms with van der Waals surface area (Å²) in [6.07, 6.45) is -1.51. The Morgan fingerprint density at radius 2 is 1.72 bits per heavy atom. The molecule has 0 bridgehead atoms. The van der Waals surface area contributed by atoms with E-state index in [1.54, 1.807) is 7.11 Å². The van der Waals surface area contributed by atoms with Crippen molar-refractivity contribution in [2.45, 2.75) is 38.3 Å². The molecule has 3 aromatic carbocycles. The van der Waals surface area contributed by atoms with Crippen molar-refractivity contribution >= 4 is 11.1 Å². The summed E-state index contributed by atoms with van der Waals surface area (Å²) >= 11 is 0. The van der Waals surface area contributed by atoms with Crippen LogP contribution in [0.1, 0.15) is 52.6 Å². The van der Waals surface area contributed by atoms with E-state index in [0.29, 0.717) is 49.0 Å². The normalized spacial score (nSPS) is 16.6. The molecule has 0 saturated carbocycles. The molecule has 5 rings (SSSR count). The zero-order valence-electron chi connectivity index (χ0n) is 22.0. The molecule has 1 aliphatic carbocycles. The number of ether oxygens (including phenoxy) is 1. The monoisotopic (exact) mass is 541 g/mol. The lowest BCUT2D eigenvalue weighted by atomic mass is 9.85. The van der Waals surface area contributed by atoms with Gasteiger partial charge in [0.05, 0.1) is 19.3 Å². The maximum atomic E-state index is 14.1. The molecular weight excluding hydrogens is 509 g/mol. The fraction of sp³-hybridized carbons (Fsp3) is 0.375. The molecule has 1 saturated heterocycles. The van der Waals surface area contributed by atoms with Gasteiger partial charge in [-0.2, -0.15) is 13.2 Å². The smallest absolute Gasteiger partial charge is 0.417 e. The molecule has 2 aliphatic rings. The fourth-order valence-electron chi connectivity index (χ4n) is 6.00. The van der Waals surface area contributed by atoms with Crippen molar-refractivity contribution in [2.75, 3.05) is 33.4 Å². The topological polar surface area (TPSA) is 12.5 Å². The maximum absolute atomic E-state index is 14.1. The van der Waals surface area contributed by atoms with Crippen molar-refractivity contribution in [2.24, 2.45) is 5.92 Å². The maximum Gasteiger partial charge on any atom is 0.417 e. The lowest BCUT2D eigenvalue weighted by Gasteiger charge is -2.39. The quantitative estimate of drug-likeness (QED) is 0.268. The van der Waals surface area contributed by atoms with Crippen molar-refractivity contribution in [1.82, 2.24) is 4.90 Å². The number of likely N-dealkylation sites (tertiary alicyclic amines) is 1. The van der Waals surface area contributed by atoms with Gasteiger partial charge in [0.2, 0.25) is 0 Å². The van der Waals surface area contributed by atoms with E-state index in [2.05, 4.69) is 4.90 Å². The van der Waals surface area contributed by atoms with Crippen LogP contribution >= 0.6 is 0 Å². The summed E-state index contributed by atoms with van der Waals surface area (Å²) in [4.78, 5) is 2.26. The first-order valence-electron chi connectivity index (χ1n) is 13.4. The van der Waals surface area contributed by atoms with Crippen molar-refractivity contribution in [1.29, 1.82) is 0 Å². The summed E-state index contributed by atoms with van der Waals surface area (Å²) in [6, 6.07) is 16.7. The van der Waals surface area contributed by atoms with Gasteiger partial charge in [0, 0.05) is 25.2 Å². The summed E-state index contributed by atoms with van der Waals surface area (Å²) in [5.41, 5.74) is 4.13. The van der Waals surface area contributed by atoms with Crippen LogP contribution in [0, 0.1) is 11.7 Å². The predicted molar refractivity (Wildman–Crippen MR) is 144 cm³/mol. The lowest BCUT2D eigenvalue weighted by Crippen LogP contribution is -2.47. The van der Waals surface area contributed by atoms with E-state index in [9.17, 15) is 22.0 Å². The molecule has 2 nitrogen and oxygen atoms in total. The Labute approximate surface area is 226 Å². The number of halogens is 5. The molecule has 7 heteroatoms. The molecule has 1 heterocycles. The van der Waals surface area contributed by atoms with E-state index >= 15 is 0 Å². The Hall–Kier alpha value is -3.19. The van der Waals surface area contributed by atoms with E-state index in [-0.39, 0.29) is 12.2 Å². The highest BCUT2D eigenvalue weighted by Crippen LogP contribution is 2.45. The van der Waals surface area contributed by atoms with Gasteiger partial charge in [-0.1, -0.05) is 42.5 Å². The minimum atomic E-state index is -4.69. The molecule has 0 amide bonds. The van der Waals surface area contributed by atoms with Crippen LogP contribution in [0.15, 0.2) is 60.7 Å². The molecular formula is C32H32F5NO. The van der Waals surface area contributed by atoms with Gasteiger partial charge < -0.3 is 9.64 Å². The minimum absolute atomic E-state index is 0.0153. The largest absolute Gasteiger partial charge is 0.496 e. The number of nitrogens with zero attached hydrogens (tertiary/aromatic N) is 1. The second-order valence-corrected chi connectivity index (χ2v) is 10.5. The summed E-state index contributed by atoms with van der Waals surface area (Å²) < 4.78 is 74.4. The Balaban J connectivity index is 1.57. The average molecular weight is 542 g/mol. The van der Waals surface area contributed by atoms with Crippen molar-refractivity contribution in [3.63, 3.8) is 0 Å². The number of alkyl halides is 4. The Morgan fingerprint density at radius 3 is 2.41 bits per heavy atom. The first kappa shape index (κ1) is 27.4. The van der Waals surface area contributed by atoms with Gasteiger partial charge in [-0.05, 0) is 89.6 Å². The minimum Gasteiger partial charge on any atom is -0.496 e. The van der Waals surface area contributed by atoms with Crippen LogP contribution in [0.5, 0.6) is 5.75 Å². The summed E-state index contributed by atoms with van der Waals surface area (Å²) in [5.74, 6) is 0.314. The van der Waals surface area contributed by atoms with E-state index in [1.165, 1.54) is 6.07 Å². The van der Waals surface area contributed by atoms with Crippen LogP contribution in [-0.4, -0.2) is 38.3 Å². The summed E-state index contributed by atoms with van der Waals surface area (Å²) in [5, 5.41) is 0. The molecule has 206 valence electrons. The van der Waals surface area contributed by atoms with E-state index in [0.717, 1.165) is 59.9 Å². The molecule has 0 N–H and O–H groups in total. The average Bonchev–Trinajstić information content (AvgIpc) is 3.09. The third-order valence-corrected chi connectivity index (χ3v) is 7.80. The molecule has 0 atom stereocenters. The highest BCUT2D eigenvalue weighted by molar-refractivity contribution is 6.00. The van der Waals surface area contributed by atoms with E-state index < -0.39 is 17.6 Å². The Kier molecular flexibility index (Phi) is 8.08. The van der Waals surface area contributed by atoms with Gasteiger partial charge in [0.25, 0.3) is 0 Å². The van der Waals surface area contributed by atoms with Gasteiger partial charge in [-0.25, -0.2) is 4.39 Å². The molecule has 1 aliphatic heterocycles. The SMILES string of the molecule is COc1cccc2c1CCCC(c1ccc(F)cc1C(F)(F)F)=C2c1ccc(CC2CN(CCCF)C2)cc1. The van der Waals surface area contributed by atoms with Gasteiger partial charge >= 0.3 is 6.18 Å². The zero-order chi connectivity index (χ0) is 27.6. The number of hydrogen-bond donors (Lipinski definition) is 0.